The average molecular weight is 459 g/mol. The summed E-state index contributed by atoms with van der Waals surface area (Å²) < 4.78 is 12.0. The van der Waals surface area contributed by atoms with E-state index in [1.165, 1.54) is 10.7 Å². The van der Waals surface area contributed by atoms with Gasteiger partial charge in [-0.25, -0.2) is 4.68 Å². The Morgan fingerprint density at radius 2 is 1.91 bits per heavy atom. The number of benzene rings is 2. The SMILES string of the molecule is C=C(Nc1cccc(Cn2nc(-c3ccc(-c4noc(CNC)n4)cc3)ccc2=O)c1)OCC. The summed E-state index contributed by atoms with van der Waals surface area (Å²) in [7, 11) is 1.82. The molecule has 2 N–H and O–H groups in total. The van der Waals surface area contributed by atoms with Gasteiger partial charge >= 0.3 is 0 Å². The molecule has 9 nitrogen and oxygen atoms in total. The molecule has 0 saturated heterocycles. The van der Waals surface area contributed by atoms with Gasteiger partial charge in [-0.05, 0) is 44.3 Å². The van der Waals surface area contributed by atoms with Crippen molar-refractivity contribution in [3.05, 3.63) is 94.9 Å². The Morgan fingerprint density at radius 3 is 2.68 bits per heavy atom. The molecular formula is C25H26N6O3. The van der Waals surface area contributed by atoms with Crippen LogP contribution in [0.2, 0.25) is 0 Å². The van der Waals surface area contributed by atoms with Crippen molar-refractivity contribution in [2.75, 3.05) is 19.0 Å². The third kappa shape index (κ3) is 5.57. The van der Waals surface area contributed by atoms with Gasteiger partial charge in [-0.1, -0.05) is 41.6 Å². The van der Waals surface area contributed by atoms with Crippen LogP contribution >= 0.6 is 0 Å². The van der Waals surface area contributed by atoms with Crippen LogP contribution < -0.4 is 16.2 Å². The second kappa shape index (κ2) is 10.6. The molecule has 2 aromatic carbocycles. The van der Waals surface area contributed by atoms with Crippen molar-refractivity contribution in [2.45, 2.75) is 20.0 Å². The van der Waals surface area contributed by atoms with E-state index in [1.54, 1.807) is 6.07 Å². The molecule has 174 valence electrons. The highest BCUT2D eigenvalue weighted by molar-refractivity contribution is 5.64. The fraction of sp³-hybridized carbons (Fsp3) is 0.200. The van der Waals surface area contributed by atoms with E-state index in [0.717, 1.165) is 22.4 Å². The molecule has 0 amide bonds. The quantitative estimate of drug-likeness (QED) is 0.347. The molecular weight excluding hydrogens is 432 g/mol. The van der Waals surface area contributed by atoms with Gasteiger partial charge in [0.2, 0.25) is 11.7 Å². The van der Waals surface area contributed by atoms with E-state index < -0.39 is 0 Å². The smallest absolute Gasteiger partial charge is 0.267 e. The van der Waals surface area contributed by atoms with E-state index >= 15 is 0 Å². The third-order valence-electron chi connectivity index (χ3n) is 4.96. The minimum Gasteiger partial charge on any atom is -0.480 e. The van der Waals surface area contributed by atoms with Crippen LogP contribution in [0.4, 0.5) is 5.69 Å². The van der Waals surface area contributed by atoms with Crippen LogP contribution in [0.3, 0.4) is 0 Å². The van der Waals surface area contributed by atoms with Gasteiger partial charge in [0, 0.05) is 22.9 Å². The number of nitrogens with one attached hydrogen (secondary N) is 2. The third-order valence-corrected chi connectivity index (χ3v) is 4.96. The predicted molar refractivity (Wildman–Crippen MR) is 130 cm³/mol. The van der Waals surface area contributed by atoms with Crippen molar-refractivity contribution in [1.29, 1.82) is 0 Å². The Hall–Kier alpha value is -4.24. The van der Waals surface area contributed by atoms with Crippen LogP contribution in [-0.4, -0.2) is 33.6 Å². The lowest BCUT2D eigenvalue weighted by Gasteiger charge is -2.12. The van der Waals surface area contributed by atoms with Crippen molar-refractivity contribution in [2.24, 2.45) is 0 Å². The van der Waals surface area contributed by atoms with Crippen LogP contribution in [0.15, 0.2) is 82.4 Å². The van der Waals surface area contributed by atoms with Gasteiger partial charge in [-0.2, -0.15) is 10.1 Å². The lowest BCUT2D eigenvalue weighted by atomic mass is 10.1. The van der Waals surface area contributed by atoms with Gasteiger partial charge < -0.3 is 19.9 Å². The molecule has 0 radical (unpaired) electrons. The Kier molecular flexibility index (Phi) is 7.14. The Bertz CT molecular complexity index is 1330. The van der Waals surface area contributed by atoms with E-state index in [0.29, 0.717) is 43.0 Å². The molecule has 34 heavy (non-hydrogen) atoms. The molecule has 4 aromatic rings. The number of nitrogens with zero attached hydrogens (tertiary/aromatic N) is 4. The minimum absolute atomic E-state index is 0.179. The largest absolute Gasteiger partial charge is 0.480 e. The second-order valence-corrected chi connectivity index (χ2v) is 7.52. The highest BCUT2D eigenvalue weighted by atomic mass is 16.5. The van der Waals surface area contributed by atoms with E-state index in [9.17, 15) is 4.79 Å². The zero-order chi connectivity index (χ0) is 23.9. The van der Waals surface area contributed by atoms with Crippen molar-refractivity contribution in [1.82, 2.24) is 25.2 Å². The lowest BCUT2D eigenvalue weighted by molar-refractivity contribution is 0.236. The number of hydrogen-bond donors (Lipinski definition) is 2. The highest BCUT2D eigenvalue weighted by Gasteiger charge is 2.10. The molecule has 0 aliphatic carbocycles. The van der Waals surface area contributed by atoms with E-state index in [2.05, 4.69) is 32.5 Å². The van der Waals surface area contributed by atoms with Crippen LogP contribution in [-0.2, 0) is 17.8 Å². The Labute approximate surface area is 197 Å². The number of rotatable bonds is 10. The van der Waals surface area contributed by atoms with Crippen molar-refractivity contribution in [3.63, 3.8) is 0 Å². The Morgan fingerprint density at radius 1 is 1.12 bits per heavy atom. The van der Waals surface area contributed by atoms with Crippen LogP contribution in [0, 0.1) is 0 Å². The molecule has 0 fully saturated rings. The summed E-state index contributed by atoms with van der Waals surface area (Å²) in [5, 5.41) is 14.7. The first-order valence-electron chi connectivity index (χ1n) is 10.9. The molecule has 0 bridgehead atoms. The number of anilines is 1. The summed E-state index contributed by atoms with van der Waals surface area (Å²) in [6.45, 7) is 7.10. The molecule has 0 spiro atoms. The summed E-state index contributed by atoms with van der Waals surface area (Å²) in [6, 6.07) is 18.6. The van der Waals surface area contributed by atoms with Crippen molar-refractivity contribution >= 4 is 5.69 Å². The standard InChI is InChI=1S/C25H26N6O3/c1-4-33-17(2)27-21-7-5-6-18(14-21)16-31-24(32)13-12-22(29-31)19-8-10-20(11-9-19)25-28-23(15-26-3)34-30-25/h5-14,26-27H,2,4,15-16H2,1,3H3. The Balaban J connectivity index is 1.52. The molecule has 2 aromatic heterocycles. The molecule has 0 saturated carbocycles. The van der Waals surface area contributed by atoms with Crippen LogP contribution in [0.5, 0.6) is 0 Å². The zero-order valence-electron chi connectivity index (χ0n) is 19.1. The van der Waals surface area contributed by atoms with Crippen LogP contribution in [0.25, 0.3) is 22.6 Å². The van der Waals surface area contributed by atoms with Gasteiger partial charge in [0.05, 0.1) is 25.4 Å². The van der Waals surface area contributed by atoms with E-state index in [4.69, 9.17) is 9.26 Å². The maximum atomic E-state index is 12.5. The first-order valence-corrected chi connectivity index (χ1v) is 10.9. The number of hydrogen-bond acceptors (Lipinski definition) is 8. The summed E-state index contributed by atoms with van der Waals surface area (Å²) in [5.41, 5.74) is 3.97. The van der Waals surface area contributed by atoms with Gasteiger partial charge in [0.1, 0.15) is 0 Å². The monoisotopic (exact) mass is 458 g/mol. The fourth-order valence-electron chi connectivity index (χ4n) is 3.39. The maximum Gasteiger partial charge on any atom is 0.267 e. The molecule has 0 unspecified atom stereocenters. The molecule has 0 atom stereocenters. The lowest BCUT2D eigenvalue weighted by Crippen LogP contribution is -2.22. The summed E-state index contributed by atoms with van der Waals surface area (Å²) >= 11 is 0. The second-order valence-electron chi connectivity index (χ2n) is 7.52. The first kappa shape index (κ1) is 22.9. The number of aromatic nitrogens is 4. The van der Waals surface area contributed by atoms with Gasteiger partial charge in [-0.3, -0.25) is 4.79 Å². The molecule has 4 rings (SSSR count). The zero-order valence-corrected chi connectivity index (χ0v) is 19.1. The fourth-order valence-corrected chi connectivity index (χ4v) is 3.39. The van der Waals surface area contributed by atoms with Gasteiger partial charge in [0.25, 0.3) is 5.56 Å². The summed E-state index contributed by atoms with van der Waals surface area (Å²) in [5.74, 6) is 1.52. The van der Waals surface area contributed by atoms with Gasteiger partial charge in [0.15, 0.2) is 5.88 Å². The van der Waals surface area contributed by atoms with E-state index in [1.807, 2.05) is 62.5 Å². The number of ether oxygens (including phenoxy) is 1. The topological polar surface area (TPSA) is 107 Å². The minimum atomic E-state index is -0.179. The van der Waals surface area contributed by atoms with Crippen molar-refractivity contribution < 1.29 is 9.26 Å². The predicted octanol–water partition coefficient (Wildman–Crippen LogP) is 3.65. The van der Waals surface area contributed by atoms with E-state index in [-0.39, 0.29) is 5.56 Å². The summed E-state index contributed by atoms with van der Waals surface area (Å²) in [4.78, 5) is 16.8. The normalized spacial score (nSPS) is 10.8. The maximum absolute atomic E-state index is 12.5. The van der Waals surface area contributed by atoms with Crippen LogP contribution in [0.1, 0.15) is 18.4 Å². The highest BCUT2D eigenvalue weighted by Crippen LogP contribution is 2.22. The molecule has 9 heteroatoms. The average Bonchev–Trinajstić information content (AvgIpc) is 3.30. The first-order chi connectivity index (χ1) is 16.6. The summed E-state index contributed by atoms with van der Waals surface area (Å²) in [6.07, 6.45) is 0. The molecule has 0 aliphatic heterocycles. The van der Waals surface area contributed by atoms with Gasteiger partial charge in [-0.15, -0.1) is 0 Å². The molecule has 0 aliphatic rings. The van der Waals surface area contributed by atoms with Crippen molar-refractivity contribution in [3.8, 4) is 22.6 Å². The molecule has 2 heterocycles.